The van der Waals surface area contributed by atoms with E-state index in [-0.39, 0.29) is 12.3 Å². The van der Waals surface area contributed by atoms with Crippen LogP contribution >= 0.6 is 0 Å². The van der Waals surface area contributed by atoms with Gasteiger partial charge in [-0.25, -0.2) is 4.98 Å². The van der Waals surface area contributed by atoms with E-state index in [1.54, 1.807) is 0 Å². The van der Waals surface area contributed by atoms with Crippen LogP contribution in [0.15, 0.2) is 12.3 Å². The molecule has 0 aliphatic carbocycles. The van der Waals surface area contributed by atoms with Gasteiger partial charge in [-0.3, -0.25) is 9.59 Å². The summed E-state index contributed by atoms with van der Waals surface area (Å²) in [5.41, 5.74) is -3.07. The van der Waals surface area contributed by atoms with Crippen LogP contribution in [0, 0.1) is 0 Å². The minimum atomic E-state index is -5.54. The van der Waals surface area contributed by atoms with Gasteiger partial charge in [0.15, 0.2) is 5.82 Å². The molecule has 24 heavy (non-hydrogen) atoms. The summed E-state index contributed by atoms with van der Waals surface area (Å²) in [6.45, 7) is 0. The van der Waals surface area contributed by atoms with Crippen LogP contribution in [-0.2, 0) is 15.8 Å². The highest BCUT2D eigenvalue weighted by Gasteiger charge is 2.42. The van der Waals surface area contributed by atoms with E-state index in [0.717, 1.165) is 10.6 Å². The predicted molar refractivity (Wildman–Crippen MR) is 58.6 cm³/mol. The summed E-state index contributed by atoms with van der Waals surface area (Å²) >= 11 is 0. The normalized spacial score (nSPS) is 12.7. The fourth-order valence-electron chi connectivity index (χ4n) is 1.19. The van der Waals surface area contributed by atoms with E-state index in [4.69, 9.17) is 0 Å². The molecule has 0 aliphatic rings. The number of halogens is 9. The van der Waals surface area contributed by atoms with Crippen LogP contribution < -0.4 is 10.6 Å². The van der Waals surface area contributed by atoms with E-state index >= 15 is 0 Å². The third kappa shape index (κ3) is 4.99. The Morgan fingerprint density at radius 3 is 1.71 bits per heavy atom. The first-order chi connectivity index (χ1) is 10.6. The maximum absolute atomic E-state index is 12.5. The van der Waals surface area contributed by atoms with E-state index < -0.39 is 47.4 Å². The first-order valence-electron chi connectivity index (χ1n) is 5.46. The van der Waals surface area contributed by atoms with Gasteiger partial charge in [-0.1, -0.05) is 0 Å². The number of carbonyl (C=O) groups excluding carboxylic acids is 2. The number of nitrogens with one attached hydrogen (secondary N) is 2. The highest BCUT2D eigenvalue weighted by molar-refractivity contribution is 6.01. The summed E-state index contributed by atoms with van der Waals surface area (Å²) in [4.78, 5) is 24.3. The number of alkyl halides is 9. The minimum absolute atomic E-state index is 0.0325. The lowest BCUT2D eigenvalue weighted by Gasteiger charge is -2.15. The molecule has 0 saturated carbocycles. The van der Waals surface area contributed by atoms with E-state index in [9.17, 15) is 49.1 Å². The Bertz CT molecular complexity index is 648. The molecule has 1 aromatic rings. The van der Waals surface area contributed by atoms with Gasteiger partial charge in [-0.05, 0) is 6.07 Å². The number of amides is 2. The number of pyridine rings is 1. The molecule has 5 nitrogen and oxygen atoms in total. The van der Waals surface area contributed by atoms with Crippen LogP contribution in [0.4, 0.5) is 51.0 Å². The largest absolute Gasteiger partial charge is 0.471 e. The van der Waals surface area contributed by atoms with Gasteiger partial charge < -0.3 is 10.6 Å². The maximum atomic E-state index is 12.5. The van der Waals surface area contributed by atoms with Crippen molar-refractivity contribution in [3.63, 3.8) is 0 Å². The number of hydrogen-bond acceptors (Lipinski definition) is 3. The van der Waals surface area contributed by atoms with Crippen molar-refractivity contribution in [3.8, 4) is 0 Å². The minimum Gasteiger partial charge on any atom is -0.315 e. The lowest BCUT2D eigenvalue weighted by Crippen LogP contribution is -2.33. The van der Waals surface area contributed by atoms with E-state index in [1.807, 2.05) is 0 Å². The molecule has 0 aromatic carbocycles. The summed E-state index contributed by atoms with van der Waals surface area (Å²) in [6.07, 6.45) is -16.2. The Balaban J connectivity index is 3.28. The molecule has 1 aromatic heterocycles. The number of anilines is 2. The van der Waals surface area contributed by atoms with Gasteiger partial charge in [0.2, 0.25) is 0 Å². The van der Waals surface area contributed by atoms with Crippen LogP contribution in [-0.4, -0.2) is 29.2 Å². The zero-order valence-corrected chi connectivity index (χ0v) is 10.8. The zero-order valence-electron chi connectivity index (χ0n) is 10.8. The molecular weight excluding hydrogens is 365 g/mol. The van der Waals surface area contributed by atoms with Crippen molar-refractivity contribution >= 4 is 23.3 Å². The Morgan fingerprint density at radius 2 is 1.29 bits per heavy atom. The second-order valence-corrected chi connectivity index (χ2v) is 4.02. The zero-order chi connectivity index (χ0) is 18.9. The second-order valence-electron chi connectivity index (χ2n) is 4.02. The lowest BCUT2D eigenvalue weighted by atomic mass is 10.2. The van der Waals surface area contributed by atoms with Gasteiger partial charge in [0.25, 0.3) is 0 Å². The molecule has 134 valence electrons. The van der Waals surface area contributed by atoms with Crippen molar-refractivity contribution < 1.29 is 49.1 Å². The van der Waals surface area contributed by atoms with Crippen molar-refractivity contribution in [2.45, 2.75) is 18.5 Å². The molecule has 1 rings (SSSR count). The Labute approximate surface area is 125 Å². The summed E-state index contributed by atoms with van der Waals surface area (Å²) in [5, 5.41) is 1.87. The fourth-order valence-corrected chi connectivity index (χ4v) is 1.19. The monoisotopic (exact) mass is 369 g/mol. The maximum Gasteiger partial charge on any atom is 0.471 e. The third-order valence-corrected chi connectivity index (χ3v) is 2.21. The Hall–Kier alpha value is -2.54. The summed E-state index contributed by atoms with van der Waals surface area (Å²) in [7, 11) is 0. The highest BCUT2D eigenvalue weighted by atomic mass is 19.4. The average Bonchev–Trinajstić information content (AvgIpc) is 2.37. The van der Waals surface area contributed by atoms with Crippen LogP contribution in [0.2, 0.25) is 0 Å². The Kier molecular flexibility index (Phi) is 5.01. The fraction of sp³-hybridized carbons (Fsp3) is 0.300. The van der Waals surface area contributed by atoms with Gasteiger partial charge >= 0.3 is 30.3 Å². The molecule has 0 radical (unpaired) electrons. The molecule has 0 fully saturated rings. The molecule has 1 heterocycles. The topological polar surface area (TPSA) is 71.1 Å². The smallest absolute Gasteiger partial charge is 0.315 e. The number of hydrogen-bond donors (Lipinski definition) is 2. The third-order valence-electron chi connectivity index (χ3n) is 2.21. The van der Waals surface area contributed by atoms with Gasteiger partial charge in [-0.2, -0.15) is 39.5 Å². The second kappa shape index (κ2) is 6.16. The lowest BCUT2D eigenvalue weighted by molar-refractivity contribution is -0.167. The summed E-state index contributed by atoms with van der Waals surface area (Å²) in [5.74, 6) is -6.83. The number of rotatable bonds is 2. The molecule has 0 aliphatic heterocycles. The van der Waals surface area contributed by atoms with Gasteiger partial charge in [0.05, 0.1) is 11.3 Å². The number of nitrogens with zero attached hydrogens (tertiary/aromatic N) is 1. The Morgan fingerprint density at radius 1 is 0.833 bits per heavy atom. The molecule has 0 atom stereocenters. The van der Waals surface area contributed by atoms with E-state index in [1.165, 1.54) is 0 Å². The first kappa shape index (κ1) is 19.5. The van der Waals surface area contributed by atoms with Crippen molar-refractivity contribution in [1.29, 1.82) is 0 Å². The molecule has 0 saturated heterocycles. The van der Waals surface area contributed by atoms with Crippen molar-refractivity contribution in [1.82, 2.24) is 4.98 Å². The van der Waals surface area contributed by atoms with E-state index in [2.05, 4.69) is 4.98 Å². The molecule has 2 N–H and O–H groups in total. The quantitative estimate of drug-likeness (QED) is 0.787. The average molecular weight is 369 g/mol. The highest BCUT2D eigenvalue weighted by Crippen LogP contribution is 2.33. The van der Waals surface area contributed by atoms with E-state index in [0.29, 0.717) is 0 Å². The summed E-state index contributed by atoms with van der Waals surface area (Å²) < 4.78 is 110. The number of carbonyl (C=O) groups is 2. The SMILES string of the molecule is O=C(Nc1cc(C(F)(F)F)cnc1NC(=O)C(F)(F)F)C(F)(F)F. The van der Waals surface area contributed by atoms with Crippen LogP contribution in [0.25, 0.3) is 0 Å². The van der Waals surface area contributed by atoms with Crippen molar-refractivity contribution in [2.24, 2.45) is 0 Å². The molecule has 14 heteroatoms. The van der Waals surface area contributed by atoms with Gasteiger partial charge in [0.1, 0.15) is 0 Å². The molecule has 0 bridgehead atoms. The molecule has 0 unspecified atom stereocenters. The van der Waals surface area contributed by atoms with Crippen LogP contribution in [0.1, 0.15) is 5.56 Å². The molecule has 2 amide bonds. The van der Waals surface area contributed by atoms with Crippen molar-refractivity contribution in [2.75, 3.05) is 10.6 Å². The van der Waals surface area contributed by atoms with Crippen LogP contribution in [0.5, 0.6) is 0 Å². The molecular formula is C10H4F9N3O2. The predicted octanol–water partition coefficient (Wildman–Crippen LogP) is 3.10. The molecule has 0 spiro atoms. The number of aromatic nitrogens is 1. The first-order valence-corrected chi connectivity index (χ1v) is 5.46. The van der Waals surface area contributed by atoms with Crippen molar-refractivity contribution in [3.05, 3.63) is 17.8 Å². The summed E-state index contributed by atoms with van der Waals surface area (Å²) in [6, 6.07) is -0.109. The van der Waals surface area contributed by atoms with Crippen LogP contribution in [0.3, 0.4) is 0 Å². The van der Waals surface area contributed by atoms with Gasteiger partial charge in [0, 0.05) is 6.20 Å². The van der Waals surface area contributed by atoms with Gasteiger partial charge in [-0.15, -0.1) is 0 Å². The standard InChI is InChI=1S/C10H4F9N3O2/c11-8(12,13)3-1-4(21-6(23)9(14,15)16)5(20-2-3)22-7(24)10(17,18)19/h1-2H,(H,21,23)(H,20,22,24).